The van der Waals surface area contributed by atoms with Crippen molar-refractivity contribution in [1.29, 1.82) is 0 Å². The lowest BCUT2D eigenvalue weighted by molar-refractivity contribution is 0.167. The zero-order chi connectivity index (χ0) is 15.1. The van der Waals surface area contributed by atoms with Gasteiger partial charge in [-0.2, -0.15) is 0 Å². The third-order valence-electron chi connectivity index (χ3n) is 4.50. The maximum Gasteiger partial charge on any atom is 0.122 e. The molecular weight excluding hydrogens is 260 g/mol. The second-order valence-corrected chi connectivity index (χ2v) is 6.33. The lowest BCUT2D eigenvalue weighted by atomic mass is 9.93. The van der Waals surface area contributed by atoms with Crippen molar-refractivity contribution in [2.75, 3.05) is 32.8 Å². The molecule has 1 aromatic rings. The van der Waals surface area contributed by atoms with Crippen LogP contribution in [0, 0.1) is 19.8 Å². The Labute approximate surface area is 129 Å². The lowest BCUT2D eigenvalue weighted by Crippen LogP contribution is -2.35. The fourth-order valence-corrected chi connectivity index (χ4v) is 3.07. The molecule has 0 spiro atoms. The summed E-state index contributed by atoms with van der Waals surface area (Å²) in [4.78, 5) is 2.57. The third kappa shape index (κ3) is 5.33. The molecule has 2 N–H and O–H groups in total. The van der Waals surface area contributed by atoms with Crippen LogP contribution in [0.5, 0.6) is 5.75 Å². The zero-order valence-corrected chi connectivity index (χ0v) is 13.6. The van der Waals surface area contributed by atoms with Crippen molar-refractivity contribution in [3.63, 3.8) is 0 Å². The van der Waals surface area contributed by atoms with Crippen molar-refractivity contribution in [3.05, 3.63) is 29.3 Å². The van der Waals surface area contributed by atoms with Gasteiger partial charge in [-0.3, -0.25) is 0 Å². The number of rotatable bonds is 7. The highest BCUT2D eigenvalue weighted by Crippen LogP contribution is 2.21. The number of benzene rings is 1. The Morgan fingerprint density at radius 3 is 2.71 bits per heavy atom. The highest BCUT2D eigenvalue weighted by atomic mass is 16.5. The number of ether oxygens (including phenoxy) is 1. The first-order valence-electron chi connectivity index (χ1n) is 8.31. The molecule has 0 radical (unpaired) electrons. The molecule has 0 amide bonds. The molecule has 1 aliphatic rings. The van der Waals surface area contributed by atoms with Crippen LogP contribution in [0.2, 0.25) is 0 Å². The number of hydrogen-bond donors (Lipinski definition) is 1. The maximum absolute atomic E-state index is 5.93. The second-order valence-electron chi connectivity index (χ2n) is 6.33. The van der Waals surface area contributed by atoms with Gasteiger partial charge in [0.2, 0.25) is 0 Å². The Hall–Kier alpha value is -1.06. The van der Waals surface area contributed by atoms with Gasteiger partial charge in [0.05, 0.1) is 6.61 Å². The van der Waals surface area contributed by atoms with Crippen LogP contribution >= 0.6 is 0 Å². The van der Waals surface area contributed by atoms with Gasteiger partial charge in [-0.05, 0) is 82.3 Å². The molecular formula is C18H30N2O. The molecule has 3 heteroatoms. The number of likely N-dealkylation sites (tertiary alicyclic amines) is 1. The minimum absolute atomic E-state index is 0.813. The molecule has 1 fully saturated rings. The van der Waals surface area contributed by atoms with Crippen LogP contribution in [0.3, 0.4) is 0 Å². The average molecular weight is 290 g/mol. The van der Waals surface area contributed by atoms with Gasteiger partial charge in [0, 0.05) is 6.54 Å². The summed E-state index contributed by atoms with van der Waals surface area (Å²) in [5, 5.41) is 0. The number of nitrogens with two attached hydrogens (primary N) is 1. The molecule has 0 bridgehead atoms. The van der Waals surface area contributed by atoms with E-state index in [9.17, 15) is 0 Å². The van der Waals surface area contributed by atoms with Gasteiger partial charge in [0.1, 0.15) is 5.75 Å². The minimum Gasteiger partial charge on any atom is -0.493 e. The highest BCUT2D eigenvalue weighted by Gasteiger charge is 2.17. The SMILES string of the molecule is Cc1ccc(C)c(OCCCN2CCC(CCN)CC2)c1. The van der Waals surface area contributed by atoms with E-state index < -0.39 is 0 Å². The van der Waals surface area contributed by atoms with E-state index in [0.29, 0.717) is 0 Å². The van der Waals surface area contributed by atoms with Crippen molar-refractivity contribution >= 4 is 0 Å². The van der Waals surface area contributed by atoms with Crippen molar-refractivity contribution in [2.24, 2.45) is 11.7 Å². The summed E-state index contributed by atoms with van der Waals surface area (Å²) in [6.45, 7) is 9.48. The topological polar surface area (TPSA) is 38.5 Å². The molecule has 0 atom stereocenters. The van der Waals surface area contributed by atoms with Crippen LogP contribution in [0.25, 0.3) is 0 Å². The summed E-state index contributed by atoms with van der Waals surface area (Å²) >= 11 is 0. The van der Waals surface area contributed by atoms with E-state index in [1.165, 1.54) is 43.5 Å². The van der Waals surface area contributed by atoms with E-state index in [0.717, 1.165) is 37.8 Å². The van der Waals surface area contributed by atoms with E-state index in [1.54, 1.807) is 0 Å². The summed E-state index contributed by atoms with van der Waals surface area (Å²) < 4.78 is 5.93. The predicted molar refractivity (Wildman–Crippen MR) is 88.9 cm³/mol. The van der Waals surface area contributed by atoms with Crippen molar-refractivity contribution in [2.45, 2.75) is 39.5 Å². The van der Waals surface area contributed by atoms with E-state index in [-0.39, 0.29) is 0 Å². The van der Waals surface area contributed by atoms with Crippen LogP contribution in [0.1, 0.15) is 36.8 Å². The smallest absolute Gasteiger partial charge is 0.122 e. The fraction of sp³-hybridized carbons (Fsp3) is 0.667. The number of nitrogens with zero attached hydrogens (tertiary/aromatic N) is 1. The number of aryl methyl sites for hydroxylation is 2. The molecule has 2 rings (SSSR count). The summed E-state index contributed by atoms with van der Waals surface area (Å²) in [6, 6.07) is 6.40. The highest BCUT2D eigenvalue weighted by molar-refractivity contribution is 5.35. The van der Waals surface area contributed by atoms with E-state index in [4.69, 9.17) is 10.5 Å². The van der Waals surface area contributed by atoms with E-state index >= 15 is 0 Å². The Morgan fingerprint density at radius 2 is 2.00 bits per heavy atom. The summed E-state index contributed by atoms with van der Waals surface area (Å²) in [5.41, 5.74) is 8.13. The monoisotopic (exact) mass is 290 g/mol. The van der Waals surface area contributed by atoms with Gasteiger partial charge < -0.3 is 15.4 Å². The molecule has 3 nitrogen and oxygen atoms in total. The Balaban J connectivity index is 1.63. The van der Waals surface area contributed by atoms with Gasteiger partial charge in [-0.25, -0.2) is 0 Å². The van der Waals surface area contributed by atoms with E-state index in [1.807, 2.05) is 0 Å². The van der Waals surface area contributed by atoms with Crippen LogP contribution in [0.4, 0.5) is 0 Å². The normalized spacial score (nSPS) is 17.1. The minimum atomic E-state index is 0.813. The largest absolute Gasteiger partial charge is 0.493 e. The number of hydrogen-bond acceptors (Lipinski definition) is 3. The van der Waals surface area contributed by atoms with Gasteiger partial charge in [-0.15, -0.1) is 0 Å². The average Bonchev–Trinajstić information content (AvgIpc) is 2.49. The first kappa shape index (κ1) is 16.3. The van der Waals surface area contributed by atoms with Crippen molar-refractivity contribution in [3.8, 4) is 5.75 Å². The molecule has 0 aromatic heterocycles. The zero-order valence-electron chi connectivity index (χ0n) is 13.6. The molecule has 0 aliphatic carbocycles. The molecule has 1 saturated heterocycles. The standard InChI is InChI=1S/C18H30N2O/c1-15-4-5-16(2)18(14-15)21-13-3-10-20-11-7-17(6-9-19)8-12-20/h4-5,14,17H,3,6-13,19H2,1-2H3. The van der Waals surface area contributed by atoms with Crippen molar-refractivity contribution in [1.82, 2.24) is 4.90 Å². The van der Waals surface area contributed by atoms with E-state index in [2.05, 4.69) is 36.9 Å². The van der Waals surface area contributed by atoms with Gasteiger partial charge >= 0.3 is 0 Å². The predicted octanol–water partition coefficient (Wildman–Crippen LogP) is 3.13. The molecule has 1 heterocycles. The van der Waals surface area contributed by atoms with Crippen LogP contribution in [-0.2, 0) is 0 Å². The number of piperidine rings is 1. The van der Waals surface area contributed by atoms with Gasteiger partial charge in [-0.1, -0.05) is 12.1 Å². The third-order valence-corrected chi connectivity index (χ3v) is 4.50. The quantitative estimate of drug-likeness (QED) is 0.784. The lowest BCUT2D eigenvalue weighted by Gasteiger charge is -2.31. The molecule has 1 aliphatic heterocycles. The van der Waals surface area contributed by atoms with Gasteiger partial charge in [0.25, 0.3) is 0 Å². The fourth-order valence-electron chi connectivity index (χ4n) is 3.07. The molecule has 0 saturated carbocycles. The Morgan fingerprint density at radius 1 is 1.24 bits per heavy atom. The summed E-state index contributed by atoms with van der Waals surface area (Å²) in [6.07, 6.45) is 4.93. The summed E-state index contributed by atoms with van der Waals surface area (Å²) in [5.74, 6) is 1.90. The first-order chi connectivity index (χ1) is 10.2. The maximum atomic E-state index is 5.93. The molecule has 0 unspecified atom stereocenters. The molecule has 21 heavy (non-hydrogen) atoms. The summed E-state index contributed by atoms with van der Waals surface area (Å²) in [7, 11) is 0. The van der Waals surface area contributed by atoms with Gasteiger partial charge in [0.15, 0.2) is 0 Å². The molecule has 118 valence electrons. The molecule has 1 aromatic carbocycles. The first-order valence-corrected chi connectivity index (χ1v) is 8.31. The Bertz CT molecular complexity index is 425. The van der Waals surface area contributed by atoms with Crippen LogP contribution in [-0.4, -0.2) is 37.7 Å². The second kappa shape index (κ2) is 8.40. The Kier molecular flexibility index (Phi) is 6.52. The van der Waals surface area contributed by atoms with Crippen molar-refractivity contribution < 1.29 is 4.74 Å². The van der Waals surface area contributed by atoms with Crippen LogP contribution < -0.4 is 10.5 Å². The van der Waals surface area contributed by atoms with Crippen LogP contribution in [0.15, 0.2) is 18.2 Å².